The minimum Gasteiger partial charge on any atom is -0.379 e. The van der Waals surface area contributed by atoms with Crippen molar-refractivity contribution < 1.29 is 17.9 Å². The van der Waals surface area contributed by atoms with E-state index in [1.807, 2.05) is 0 Å². The van der Waals surface area contributed by atoms with E-state index in [0.29, 0.717) is 19.8 Å². The van der Waals surface area contributed by atoms with E-state index >= 15 is 0 Å². The molecule has 1 saturated heterocycles. The summed E-state index contributed by atoms with van der Waals surface area (Å²) in [7, 11) is 0. The molecule has 2 unspecified atom stereocenters. The second kappa shape index (κ2) is 6.42. The zero-order valence-electron chi connectivity index (χ0n) is 9.44. The fraction of sp³-hybridized carbons (Fsp3) is 1.00. The molecule has 2 atom stereocenters. The van der Waals surface area contributed by atoms with E-state index in [0.717, 1.165) is 13.0 Å². The summed E-state index contributed by atoms with van der Waals surface area (Å²) in [5.74, 6) is 0. The first-order chi connectivity index (χ1) is 7.47. The molecule has 1 aliphatic heterocycles. The number of rotatable bonds is 5. The van der Waals surface area contributed by atoms with Gasteiger partial charge in [-0.2, -0.15) is 13.2 Å². The van der Waals surface area contributed by atoms with E-state index in [1.54, 1.807) is 6.92 Å². The Morgan fingerprint density at radius 2 is 2.25 bits per heavy atom. The number of nitrogens with one attached hydrogen (secondary N) is 2. The molecule has 0 radical (unpaired) electrons. The lowest BCUT2D eigenvalue weighted by Gasteiger charge is -2.24. The summed E-state index contributed by atoms with van der Waals surface area (Å²) < 4.78 is 41.3. The highest BCUT2D eigenvalue weighted by Gasteiger charge is 2.29. The van der Waals surface area contributed by atoms with Gasteiger partial charge in [-0.1, -0.05) is 0 Å². The van der Waals surface area contributed by atoms with Gasteiger partial charge in [-0.3, -0.25) is 0 Å². The quantitative estimate of drug-likeness (QED) is 0.760. The summed E-state index contributed by atoms with van der Waals surface area (Å²) in [5, 5.41) is 6.12. The molecular formula is C10H19F3N2O. The Morgan fingerprint density at radius 1 is 1.50 bits per heavy atom. The summed E-state index contributed by atoms with van der Waals surface area (Å²) in [5.41, 5.74) is 0. The molecule has 0 aromatic heterocycles. The van der Waals surface area contributed by atoms with Crippen LogP contribution in [-0.4, -0.2) is 44.6 Å². The normalized spacial score (nSPS) is 24.4. The molecule has 0 aromatic carbocycles. The Balaban J connectivity index is 2.05. The summed E-state index contributed by atoms with van der Waals surface area (Å²) in [6, 6.07) is -0.260. The number of hydrogen-bond acceptors (Lipinski definition) is 3. The highest BCUT2D eigenvalue weighted by Crippen LogP contribution is 2.21. The van der Waals surface area contributed by atoms with Gasteiger partial charge in [0.1, 0.15) is 0 Å². The van der Waals surface area contributed by atoms with Crippen molar-refractivity contribution in [3.05, 3.63) is 0 Å². The van der Waals surface area contributed by atoms with Crippen LogP contribution in [0.15, 0.2) is 0 Å². The molecule has 16 heavy (non-hydrogen) atoms. The monoisotopic (exact) mass is 240 g/mol. The van der Waals surface area contributed by atoms with Crippen molar-refractivity contribution >= 4 is 0 Å². The van der Waals surface area contributed by atoms with E-state index in [4.69, 9.17) is 4.74 Å². The first-order valence-electron chi connectivity index (χ1n) is 5.58. The molecule has 0 aliphatic carbocycles. The zero-order valence-corrected chi connectivity index (χ0v) is 9.44. The minimum atomic E-state index is -4.08. The Bertz CT molecular complexity index is 193. The fourth-order valence-electron chi connectivity index (χ4n) is 1.73. The first kappa shape index (κ1) is 13.7. The second-order valence-corrected chi connectivity index (χ2v) is 4.19. The maximum Gasteiger partial charge on any atom is 0.390 e. The summed E-state index contributed by atoms with van der Waals surface area (Å²) in [4.78, 5) is 0. The van der Waals surface area contributed by atoms with Crippen LogP contribution in [0.3, 0.4) is 0 Å². The molecule has 1 aliphatic rings. The SMILES string of the molecule is CC(CC(F)(F)F)NCCC1COCCN1. The van der Waals surface area contributed by atoms with Crippen LogP contribution < -0.4 is 10.6 Å². The van der Waals surface area contributed by atoms with Gasteiger partial charge < -0.3 is 15.4 Å². The number of halogens is 3. The standard InChI is InChI=1S/C10H19F3N2O/c1-8(6-10(11,12)13)14-3-2-9-7-16-5-4-15-9/h8-9,14-15H,2-7H2,1H3. The fourth-order valence-corrected chi connectivity index (χ4v) is 1.73. The topological polar surface area (TPSA) is 33.3 Å². The smallest absolute Gasteiger partial charge is 0.379 e. The van der Waals surface area contributed by atoms with E-state index < -0.39 is 18.6 Å². The van der Waals surface area contributed by atoms with Crippen LogP contribution in [-0.2, 0) is 4.74 Å². The second-order valence-electron chi connectivity index (χ2n) is 4.19. The Kier molecular flexibility index (Phi) is 5.51. The highest BCUT2D eigenvalue weighted by molar-refractivity contribution is 4.73. The number of ether oxygens (including phenoxy) is 1. The molecule has 6 heteroatoms. The van der Waals surface area contributed by atoms with Crippen molar-refractivity contribution in [2.45, 2.75) is 38.0 Å². The van der Waals surface area contributed by atoms with Crippen molar-refractivity contribution in [2.24, 2.45) is 0 Å². The van der Waals surface area contributed by atoms with Crippen LogP contribution in [0.1, 0.15) is 19.8 Å². The largest absolute Gasteiger partial charge is 0.390 e. The Morgan fingerprint density at radius 3 is 2.81 bits per heavy atom. The van der Waals surface area contributed by atoms with Crippen LogP contribution in [0, 0.1) is 0 Å². The lowest BCUT2D eigenvalue weighted by atomic mass is 10.1. The number of hydrogen-bond donors (Lipinski definition) is 2. The maximum absolute atomic E-state index is 12.0. The van der Waals surface area contributed by atoms with Crippen LogP contribution in [0.4, 0.5) is 13.2 Å². The van der Waals surface area contributed by atoms with E-state index in [9.17, 15) is 13.2 Å². The average Bonchev–Trinajstić information content (AvgIpc) is 2.16. The third-order valence-electron chi connectivity index (χ3n) is 2.52. The molecule has 0 bridgehead atoms. The molecule has 0 amide bonds. The molecule has 1 rings (SSSR count). The lowest BCUT2D eigenvalue weighted by molar-refractivity contribution is -0.139. The van der Waals surface area contributed by atoms with Crippen molar-refractivity contribution in [2.75, 3.05) is 26.3 Å². The average molecular weight is 240 g/mol. The first-order valence-corrected chi connectivity index (χ1v) is 5.58. The third-order valence-corrected chi connectivity index (χ3v) is 2.52. The Labute approximate surface area is 93.7 Å². The van der Waals surface area contributed by atoms with Crippen LogP contribution in [0.25, 0.3) is 0 Å². The summed E-state index contributed by atoms with van der Waals surface area (Å²) in [6.07, 6.45) is -4.07. The van der Waals surface area contributed by atoms with Crippen LogP contribution in [0.5, 0.6) is 0 Å². The lowest BCUT2D eigenvalue weighted by Crippen LogP contribution is -2.43. The Hall–Kier alpha value is -0.330. The number of alkyl halides is 3. The molecule has 0 saturated carbocycles. The molecule has 1 fully saturated rings. The minimum absolute atomic E-state index is 0.263. The predicted octanol–water partition coefficient (Wildman–Crippen LogP) is 1.30. The molecule has 96 valence electrons. The molecule has 2 N–H and O–H groups in total. The van der Waals surface area contributed by atoms with Gasteiger partial charge in [-0.05, 0) is 19.9 Å². The van der Waals surface area contributed by atoms with Crippen LogP contribution >= 0.6 is 0 Å². The van der Waals surface area contributed by atoms with Crippen molar-refractivity contribution in [1.29, 1.82) is 0 Å². The molecule has 0 aromatic rings. The zero-order chi connectivity index (χ0) is 12.0. The molecule has 0 spiro atoms. The van der Waals surface area contributed by atoms with Crippen molar-refractivity contribution in [3.63, 3.8) is 0 Å². The molecular weight excluding hydrogens is 221 g/mol. The molecule has 1 heterocycles. The van der Waals surface area contributed by atoms with Gasteiger partial charge in [-0.25, -0.2) is 0 Å². The maximum atomic E-state index is 12.0. The number of morpholine rings is 1. The summed E-state index contributed by atoms with van der Waals surface area (Å²) in [6.45, 7) is 4.32. The van der Waals surface area contributed by atoms with Gasteiger partial charge in [0.15, 0.2) is 0 Å². The van der Waals surface area contributed by atoms with Gasteiger partial charge in [0.25, 0.3) is 0 Å². The van der Waals surface area contributed by atoms with Gasteiger partial charge in [0, 0.05) is 18.6 Å². The van der Waals surface area contributed by atoms with Crippen molar-refractivity contribution in [1.82, 2.24) is 10.6 Å². The van der Waals surface area contributed by atoms with Gasteiger partial charge in [0.2, 0.25) is 0 Å². The van der Waals surface area contributed by atoms with Gasteiger partial charge in [0.05, 0.1) is 19.6 Å². The highest BCUT2D eigenvalue weighted by atomic mass is 19.4. The summed E-state index contributed by atoms with van der Waals surface area (Å²) >= 11 is 0. The van der Waals surface area contributed by atoms with E-state index in [-0.39, 0.29) is 6.04 Å². The van der Waals surface area contributed by atoms with Crippen LogP contribution in [0.2, 0.25) is 0 Å². The van der Waals surface area contributed by atoms with Gasteiger partial charge in [-0.15, -0.1) is 0 Å². The van der Waals surface area contributed by atoms with E-state index in [1.165, 1.54) is 0 Å². The van der Waals surface area contributed by atoms with Gasteiger partial charge >= 0.3 is 6.18 Å². The van der Waals surface area contributed by atoms with Crippen molar-refractivity contribution in [3.8, 4) is 0 Å². The molecule has 3 nitrogen and oxygen atoms in total. The van der Waals surface area contributed by atoms with E-state index in [2.05, 4.69) is 10.6 Å². The predicted molar refractivity (Wildman–Crippen MR) is 55.4 cm³/mol. The third kappa shape index (κ3) is 6.30.